The molecule has 4 heteroatoms. The van der Waals surface area contributed by atoms with Crippen molar-refractivity contribution in [1.82, 2.24) is 0 Å². The fraction of sp³-hybridized carbons (Fsp3) is 0.211. The lowest BCUT2D eigenvalue weighted by Crippen LogP contribution is -2.00. The van der Waals surface area contributed by atoms with Crippen LogP contribution in [0.15, 0.2) is 54.6 Å². The molecule has 0 aliphatic rings. The highest BCUT2D eigenvalue weighted by molar-refractivity contribution is 6.30. The minimum atomic E-state index is -0.326. The standard InChI is InChI=1S/C19H19ClO3/c1-2-12-22-19(21)11-8-15-6-9-18(10-7-15)23-14-16-4-3-5-17(20)13-16/h3-11,13H,2,12,14H2,1H3/b11-8+. The van der Waals surface area contributed by atoms with Gasteiger partial charge in [-0.2, -0.15) is 0 Å². The van der Waals surface area contributed by atoms with Crippen molar-refractivity contribution in [1.29, 1.82) is 0 Å². The van der Waals surface area contributed by atoms with Gasteiger partial charge in [0, 0.05) is 11.1 Å². The predicted octanol–water partition coefficient (Wildman–Crippen LogP) is 4.89. The van der Waals surface area contributed by atoms with Gasteiger partial charge >= 0.3 is 5.97 Å². The average molecular weight is 331 g/mol. The quantitative estimate of drug-likeness (QED) is 0.536. The van der Waals surface area contributed by atoms with E-state index in [2.05, 4.69) is 0 Å². The largest absolute Gasteiger partial charge is 0.489 e. The zero-order valence-electron chi connectivity index (χ0n) is 13.0. The first kappa shape index (κ1) is 17.1. The summed E-state index contributed by atoms with van der Waals surface area (Å²) >= 11 is 5.94. The van der Waals surface area contributed by atoms with Gasteiger partial charge in [-0.3, -0.25) is 0 Å². The van der Waals surface area contributed by atoms with Crippen molar-refractivity contribution in [2.45, 2.75) is 20.0 Å². The molecule has 2 rings (SSSR count). The summed E-state index contributed by atoms with van der Waals surface area (Å²) in [4.78, 5) is 11.4. The van der Waals surface area contributed by atoms with E-state index >= 15 is 0 Å². The first-order chi connectivity index (χ1) is 11.2. The van der Waals surface area contributed by atoms with Gasteiger partial charge in [0.05, 0.1) is 6.61 Å². The van der Waals surface area contributed by atoms with Gasteiger partial charge in [-0.05, 0) is 47.9 Å². The molecule has 0 aliphatic carbocycles. The molecule has 3 nitrogen and oxygen atoms in total. The van der Waals surface area contributed by atoms with Crippen molar-refractivity contribution < 1.29 is 14.3 Å². The van der Waals surface area contributed by atoms with Crippen molar-refractivity contribution in [3.8, 4) is 5.75 Å². The highest BCUT2D eigenvalue weighted by atomic mass is 35.5. The van der Waals surface area contributed by atoms with E-state index in [-0.39, 0.29) is 5.97 Å². The van der Waals surface area contributed by atoms with Crippen LogP contribution in [0.3, 0.4) is 0 Å². The van der Waals surface area contributed by atoms with Gasteiger partial charge in [0.25, 0.3) is 0 Å². The minimum Gasteiger partial charge on any atom is -0.489 e. The molecule has 0 fully saturated rings. The number of esters is 1. The third-order valence-corrected chi connectivity index (χ3v) is 3.27. The molecule has 0 aromatic heterocycles. The molecule has 120 valence electrons. The smallest absolute Gasteiger partial charge is 0.330 e. The lowest BCUT2D eigenvalue weighted by Gasteiger charge is -2.07. The van der Waals surface area contributed by atoms with E-state index in [0.717, 1.165) is 23.3 Å². The van der Waals surface area contributed by atoms with Gasteiger partial charge < -0.3 is 9.47 Å². The molecular weight excluding hydrogens is 312 g/mol. The summed E-state index contributed by atoms with van der Waals surface area (Å²) in [6, 6.07) is 15.1. The van der Waals surface area contributed by atoms with Gasteiger partial charge in [0.2, 0.25) is 0 Å². The van der Waals surface area contributed by atoms with Crippen LogP contribution in [-0.4, -0.2) is 12.6 Å². The molecule has 0 saturated heterocycles. The van der Waals surface area contributed by atoms with Gasteiger partial charge in [0.15, 0.2) is 0 Å². The molecule has 0 aliphatic heterocycles. The maximum atomic E-state index is 11.4. The molecule has 0 spiro atoms. The summed E-state index contributed by atoms with van der Waals surface area (Å²) in [5.41, 5.74) is 1.92. The fourth-order valence-corrected chi connectivity index (χ4v) is 2.10. The summed E-state index contributed by atoms with van der Waals surface area (Å²) in [6.07, 6.45) is 3.97. The Hall–Kier alpha value is -2.26. The van der Waals surface area contributed by atoms with Crippen LogP contribution in [0.2, 0.25) is 5.02 Å². The summed E-state index contributed by atoms with van der Waals surface area (Å²) in [7, 11) is 0. The monoisotopic (exact) mass is 330 g/mol. The van der Waals surface area contributed by atoms with Gasteiger partial charge in [0.1, 0.15) is 12.4 Å². The van der Waals surface area contributed by atoms with Crippen LogP contribution in [0.25, 0.3) is 6.08 Å². The Morgan fingerprint density at radius 1 is 1.17 bits per heavy atom. The Morgan fingerprint density at radius 2 is 1.96 bits per heavy atom. The van der Waals surface area contributed by atoms with Crippen LogP contribution in [-0.2, 0) is 16.1 Å². The van der Waals surface area contributed by atoms with E-state index in [1.54, 1.807) is 6.08 Å². The van der Waals surface area contributed by atoms with E-state index in [1.807, 2.05) is 55.5 Å². The highest BCUT2D eigenvalue weighted by Crippen LogP contribution is 2.16. The number of rotatable bonds is 7. The molecule has 0 radical (unpaired) electrons. The molecule has 0 atom stereocenters. The molecule has 0 amide bonds. The molecule has 0 heterocycles. The van der Waals surface area contributed by atoms with E-state index in [4.69, 9.17) is 21.1 Å². The number of ether oxygens (including phenoxy) is 2. The van der Waals surface area contributed by atoms with Crippen molar-refractivity contribution in [2.24, 2.45) is 0 Å². The van der Waals surface area contributed by atoms with E-state index in [0.29, 0.717) is 18.2 Å². The second-order valence-electron chi connectivity index (χ2n) is 4.99. The lowest BCUT2D eigenvalue weighted by molar-refractivity contribution is -0.137. The van der Waals surface area contributed by atoms with Crippen molar-refractivity contribution in [3.05, 3.63) is 70.8 Å². The van der Waals surface area contributed by atoms with Crippen molar-refractivity contribution in [3.63, 3.8) is 0 Å². The second kappa shape index (κ2) is 9.01. The van der Waals surface area contributed by atoms with Gasteiger partial charge in [-0.25, -0.2) is 4.79 Å². The summed E-state index contributed by atoms with van der Waals surface area (Å²) in [6.45, 7) is 2.86. The van der Waals surface area contributed by atoms with Crippen LogP contribution in [0.5, 0.6) is 5.75 Å². The first-order valence-corrected chi connectivity index (χ1v) is 7.87. The molecule has 2 aromatic carbocycles. The fourth-order valence-electron chi connectivity index (χ4n) is 1.88. The summed E-state index contributed by atoms with van der Waals surface area (Å²) in [5, 5.41) is 0.696. The summed E-state index contributed by atoms with van der Waals surface area (Å²) in [5.74, 6) is 0.434. The minimum absolute atomic E-state index is 0.326. The predicted molar refractivity (Wildman–Crippen MR) is 92.5 cm³/mol. The lowest BCUT2D eigenvalue weighted by atomic mass is 10.2. The molecule has 0 unspecified atom stereocenters. The Bertz CT molecular complexity index is 663. The third-order valence-electron chi connectivity index (χ3n) is 3.03. The maximum absolute atomic E-state index is 11.4. The van der Waals surface area contributed by atoms with Crippen LogP contribution in [0, 0.1) is 0 Å². The molecule has 0 saturated carbocycles. The highest BCUT2D eigenvalue weighted by Gasteiger charge is 1.98. The van der Waals surface area contributed by atoms with Crippen LogP contribution >= 0.6 is 11.6 Å². The summed E-state index contributed by atoms with van der Waals surface area (Å²) < 4.78 is 10.7. The maximum Gasteiger partial charge on any atom is 0.330 e. The topological polar surface area (TPSA) is 35.5 Å². The normalized spacial score (nSPS) is 10.7. The molecule has 23 heavy (non-hydrogen) atoms. The van der Waals surface area contributed by atoms with Crippen LogP contribution in [0.4, 0.5) is 0 Å². The average Bonchev–Trinajstić information content (AvgIpc) is 2.57. The molecule has 0 N–H and O–H groups in total. The Kier molecular flexibility index (Phi) is 6.70. The second-order valence-corrected chi connectivity index (χ2v) is 5.42. The van der Waals surface area contributed by atoms with Crippen molar-refractivity contribution >= 4 is 23.6 Å². The zero-order valence-corrected chi connectivity index (χ0v) is 13.8. The number of hydrogen-bond acceptors (Lipinski definition) is 3. The Labute approximate surface area is 141 Å². The van der Waals surface area contributed by atoms with Crippen molar-refractivity contribution in [2.75, 3.05) is 6.61 Å². The molecule has 0 bridgehead atoms. The first-order valence-electron chi connectivity index (χ1n) is 7.49. The number of benzene rings is 2. The number of hydrogen-bond donors (Lipinski definition) is 0. The zero-order chi connectivity index (χ0) is 16.5. The molecular formula is C19H19ClO3. The van der Waals surface area contributed by atoms with Crippen LogP contribution < -0.4 is 4.74 Å². The van der Waals surface area contributed by atoms with Crippen LogP contribution in [0.1, 0.15) is 24.5 Å². The Balaban J connectivity index is 1.87. The third kappa shape index (κ3) is 6.17. The number of carbonyl (C=O) groups excluding carboxylic acids is 1. The number of halogens is 1. The van der Waals surface area contributed by atoms with E-state index < -0.39 is 0 Å². The van der Waals surface area contributed by atoms with E-state index in [9.17, 15) is 4.79 Å². The van der Waals surface area contributed by atoms with E-state index in [1.165, 1.54) is 6.08 Å². The molecule has 2 aromatic rings. The number of carbonyl (C=O) groups is 1. The van der Waals surface area contributed by atoms with Gasteiger partial charge in [-0.1, -0.05) is 42.8 Å². The van der Waals surface area contributed by atoms with Gasteiger partial charge in [-0.15, -0.1) is 0 Å². The Morgan fingerprint density at radius 3 is 2.65 bits per heavy atom. The SMILES string of the molecule is CCCOC(=O)/C=C/c1ccc(OCc2cccc(Cl)c2)cc1.